The second-order valence-electron chi connectivity index (χ2n) is 7.18. The lowest BCUT2D eigenvalue weighted by atomic mass is 9.85. The van der Waals surface area contributed by atoms with Crippen molar-refractivity contribution < 1.29 is 4.79 Å². The van der Waals surface area contributed by atoms with Crippen LogP contribution in [0, 0.1) is 0 Å². The van der Waals surface area contributed by atoms with Crippen molar-refractivity contribution in [2.45, 2.75) is 38.1 Å². The molecule has 0 atom stereocenters. The number of likely N-dealkylation sites (tertiary alicyclic amines) is 1. The molecule has 0 radical (unpaired) electrons. The minimum absolute atomic E-state index is 0.0955. The number of nitrogens with one attached hydrogen (secondary N) is 1. The first kappa shape index (κ1) is 18.9. The standard InChI is InChI=1S/C22H27ClN2O/c1-25-14-12-19(13-15-25)21-5-3-2-4-18(21)8-11-22(26)24-16-17-6-9-20(23)10-7-17/h2-7,9-10,19H,8,11-16H2,1H3,(H,24,26). The molecule has 1 heterocycles. The van der Waals surface area contributed by atoms with Gasteiger partial charge in [-0.1, -0.05) is 48.0 Å². The van der Waals surface area contributed by atoms with Gasteiger partial charge in [0.1, 0.15) is 0 Å². The Kier molecular flexibility index (Phi) is 6.70. The highest BCUT2D eigenvalue weighted by molar-refractivity contribution is 6.30. The Morgan fingerprint density at radius 2 is 1.81 bits per heavy atom. The average Bonchev–Trinajstić information content (AvgIpc) is 2.67. The number of carbonyl (C=O) groups is 1. The number of benzene rings is 2. The van der Waals surface area contributed by atoms with E-state index >= 15 is 0 Å². The van der Waals surface area contributed by atoms with E-state index in [0.717, 1.165) is 25.1 Å². The van der Waals surface area contributed by atoms with Gasteiger partial charge in [-0.25, -0.2) is 0 Å². The van der Waals surface area contributed by atoms with Gasteiger partial charge in [0.15, 0.2) is 0 Å². The van der Waals surface area contributed by atoms with E-state index in [1.54, 1.807) is 0 Å². The van der Waals surface area contributed by atoms with Crippen molar-refractivity contribution in [2.24, 2.45) is 0 Å². The van der Waals surface area contributed by atoms with E-state index in [-0.39, 0.29) is 5.91 Å². The summed E-state index contributed by atoms with van der Waals surface area (Å²) in [5, 5.41) is 3.72. The molecule has 3 nitrogen and oxygen atoms in total. The molecule has 0 saturated carbocycles. The maximum atomic E-state index is 12.2. The first-order valence-electron chi connectivity index (χ1n) is 9.39. The smallest absolute Gasteiger partial charge is 0.220 e. The van der Waals surface area contributed by atoms with Gasteiger partial charge in [0, 0.05) is 18.0 Å². The summed E-state index contributed by atoms with van der Waals surface area (Å²) in [5.41, 5.74) is 3.82. The van der Waals surface area contributed by atoms with Crippen LogP contribution in [-0.2, 0) is 17.8 Å². The first-order valence-corrected chi connectivity index (χ1v) is 9.77. The molecule has 138 valence electrons. The van der Waals surface area contributed by atoms with Crippen molar-refractivity contribution >= 4 is 17.5 Å². The van der Waals surface area contributed by atoms with E-state index in [4.69, 9.17) is 11.6 Å². The van der Waals surface area contributed by atoms with Gasteiger partial charge in [0.25, 0.3) is 0 Å². The summed E-state index contributed by atoms with van der Waals surface area (Å²) in [4.78, 5) is 14.6. The van der Waals surface area contributed by atoms with Crippen LogP contribution < -0.4 is 5.32 Å². The minimum Gasteiger partial charge on any atom is -0.352 e. The first-order chi connectivity index (χ1) is 12.6. The summed E-state index contributed by atoms with van der Waals surface area (Å²) in [6.07, 6.45) is 3.73. The molecule has 0 aromatic heterocycles. The molecule has 1 fully saturated rings. The third kappa shape index (κ3) is 5.33. The lowest BCUT2D eigenvalue weighted by Crippen LogP contribution is -2.29. The van der Waals surface area contributed by atoms with Crippen LogP contribution in [0.1, 0.15) is 41.9 Å². The van der Waals surface area contributed by atoms with Crippen molar-refractivity contribution in [3.05, 3.63) is 70.2 Å². The molecule has 0 bridgehead atoms. The fourth-order valence-corrected chi connectivity index (χ4v) is 3.75. The van der Waals surface area contributed by atoms with Crippen LogP contribution in [0.4, 0.5) is 0 Å². The fraction of sp³-hybridized carbons (Fsp3) is 0.409. The number of nitrogens with zero attached hydrogens (tertiary/aromatic N) is 1. The van der Waals surface area contributed by atoms with Crippen LogP contribution in [0.25, 0.3) is 0 Å². The predicted octanol–water partition coefficient (Wildman–Crippen LogP) is 4.40. The van der Waals surface area contributed by atoms with Gasteiger partial charge in [-0.2, -0.15) is 0 Å². The minimum atomic E-state index is 0.0955. The summed E-state index contributed by atoms with van der Waals surface area (Å²) in [5.74, 6) is 0.720. The summed E-state index contributed by atoms with van der Waals surface area (Å²) in [7, 11) is 2.19. The topological polar surface area (TPSA) is 32.3 Å². The van der Waals surface area contributed by atoms with Crippen LogP contribution in [0.3, 0.4) is 0 Å². The Morgan fingerprint density at radius 1 is 1.12 bits per heavy atom. The molecule has 26 heavy (non-hydrogen) atoms. The van der Waals surface area contributed by atoms with E-state index in [1.807, 2.05) is 24.3 Å². The quantitative estimate of drug-likeness (QED) is 0.817. The number of hydrogen-bond acceptors (Lipinski definition) is 2. The van der Waals surface area contributed by atoms with Gasteiger partial charge in [-0.3, -0.25) is 4.79 Å². The number of aryl methyl sites for hydroxylation is 1. The maximum absolute atomic E-state index is 12.2. The fourth-order valence-electron chi connectivity index (χ4n) is 3.62. The van der Waals surface area contributed by atoms with Crippen LogP contribution >= 0.6 is 11.6 Å². The summed E-state index contributed by atoms with van der Waals surface area (Å²) in [6, 6.07) is 16.2. The van der Waals surface area contributed by atoms with Gasteiger partial charge in [0.2, 0.25) is 5.91 Å². The molecule has 2 aromatic carbocycles. The molecule has 0 unspecified atom stereocenters. The normalized spacial score (nSPS) is 15.8. The third-order valence-electron chi connectivity index (χ3n) is 5.24. The molecule has 1 aliphatic rings. The second kappa shape index (κ2) is 9.20. The summed E-state index contributed by atoms with van der Waals surface area (Å²) in [6.45, 7) is 2.85. The lowest BCUT2D eigenvalue weighted by Gasteiger charge is -2.30. The van der Waals surface area contributed by atoms with E-state index in [2.05, 4.69) is 41.5 Å². The van der Waals surface area contributed by atoms with Crippen LogP contribution in [-0.4, -0.2) is 30.9 Å². The predicted molar refractivity (Wildman–Crippen MR) is 108 cm³/mol. The Hall–Kier alpha value is -1.84. The Bertz CT molecular complexity index is 721. The number of rotatable bonds is 6. The highest BCUT2D eigenvalue weighted by Crippen LogP contribution is 2.30. The van der Waals surface area contributed by atoms with Crippen molar-refractivity contribution in [1.82, 2.24) is 10.2 Å². The molecule has 0 spiro atoms. The summed E-state index contributed by atoms with van der Waals surface area (Å²) >= 11 is 5.89. The molecule has 0 aliphatic carbocycles. The van der Waals surface area contributed by atoms with Crippen LogP contribution in [0.2, 0.25) is 5.02 Å². The molecule has 1 aliphatic heterocycles. The maximum Gasteiger partial charge on any atom is 0.220 e. The molecule has 4 heteroatoms. The van der Waals surface area contributed by atoms with E-state index < -0.39 is 0 Å². The van der Waals surface area contributed by atoms with Gasteiger partial charge in [-0.05, 0) is 74.1 Å². The number of piperidine rings is 1. The highest BCUT2D eigenvalue weighted by atomic mass is 35.5. The SMILES string of the molecule is CN1CCC(c2ccccc2CCC(=O)NCc2ccc(Cl)cc2)CC1. The molecule has 1 saturated heterocycles. The van der Waals surface area contributed by atoms with Gasteiger partial charge >= 0.3 is 0 Å². The highest BCUT2D eigenvalue weighted by Gasteiger charge is 2.20. The Morgan fingerprint density at radius 3 is 2.54 bits per heavy atom. The van der Waals surface area contributed by atoms with Crippen molar-refractivity contribution in [3.63, 3.8) is 0 Å². The van der Waals surface area contributed by atoms with Gasteiger partial charge < -0.3 is 10.2 Å². The number of hydrogen-bond donors (Lipinski definition) is 1. The van der Waals surface area contributed by atoms with Crippen LogP contribution in [0.5, 0.6) is 0 Å². The van der Waals surface area contributed by atoms with Crippen molar-refractivity contribution in [1.29, 1.82) is 0 Å². The van der Waals surface area contributed by atoms with Gasteiger partial charge in [0.05, 0.1) is 0 Å². The largest absolute Gasteiger partial charge is 0.352 e. The second-order valence-corrected chi connectivity index (χ2v) is 7.62. The van der Waals surface area contributed by atoms with Crippen molar-refractivity contribution in [3.8, 4) is 0 Å². The monoisotopic (exact) mass is 370 g/mol. The molecule has 2 aromatic rings. The Labute approximate surface area is 161 Å². The molecule has 1 N–H and O–H groups in total. The number of amides is 1. The van der Waals surface area contributed by atoms with E-state index in [0.29, 0.717) is 23.9 Å². The summed E-state index contributed by atoms with van der Waals surface area (Å²) < 4.78 is 0. The molecular formula is C22H27ClN2O. The molecular weight excluding hydrogens is 344 g/mol. The molecule has 3 rings (SSSR count). The Balaban J connectivity index is 1.52. The lowest BCUT2D eigenvalue weighted by molar-refractivity contribution is -0.121. The molecule has 1 amide bonds. The number of halogens is 1. The van der Waals surface area contributed by atoms with Crippen LogP contribution in [0.15, 0.2) is 48.5 Å². The van der Waals surface area contributed by atoms with E-state index in [9.17, 15) is 4.79 Å². The zero-order valence-corrected chi connectivity index (χ0v) is 16.1. The van der Waals surface area contributed by atoms with Crippen molar-refractivity contribution in [2.75, 3.05) is 20.1 Å². The van der Waals surface area contributed by atoms with E-state index in [1.165, 1.54) is 24.0 Å². The zero-order chi connectivity index (χ0) is 18.4. The number of carbonyl (C=O) groups excluding carboxylic acids is 1. The zero-order valence-electron chi connectivity index (χ0n) is 15.4. The third-order valence-corrected chi connectivity index (χ3v) is 5.49. The average molecular weight is 371 g/mol. The van der Waals surface area contributed by atoms with Gasteiger partial charge in [-0.15, -0.1) is 0 Å².